The average molecular weight is 261 g/mol. The molecule has 0 bridgehead atoms. The van der Waals surface area contributed by atoms with Gasteiger partial charge in [0.2, 0.25) is 0 Å². The molecule has 0 spiro atoms. The van der Waals surface area contributed by atoms with Crippen LogP contribution < -0.4 is 5.73 Å². The fourth-order valence-electron chi connectivity index (χ4n) is 2.76. The van der Waals surface area contributed by atoms with E-state index in [4.69, 9.17) is 10.9 Å². The molecule has 1 aliphatic rings. The maximum Gasteiger partial charge on any atom is 0.170 e. The molecular weight excluding hydrogens is 238 g/mol. The van der Waals surface area contributed by atoms with Crippen LogP contribution in [-0.2, 0) is 6.54 Å². The first-order valence-electron chi connectivity index (χ1n) is 7.02. The summed E-state index contributed by atoms with van der Waals surface area (Å²) in [6.45, 7) is 5.43. The van der Waals surface area contributed by atoms with Crippen LogP contribution >= 0.6 is 0 Å². The number of hydrogen-bond donors (Lipinski definition) is 2. The van der Waals surface area contributed by atoms with E-state index in [1.54, 1.807) is 0 Å². The van der Waals surface area contributed by atoms with Crippen LogP contribution in [0.15, 0.2) is 29.4 Å². The van der Waals surface area contributed by atoms with Gasteiger partial charge in [-0.15, -0.1) is 0 Å². The Morgan fingerprint density at radius 1 is 1.37 bits per heavy atom. The first-order chi connectivity index (χ1) is 9.24. The molecule has 3 N–H and O–H groups in total. The van der Waals surface area contributed by atoms with Gasteiger partial charge in [0.1, 0.15) is 0 Å². The molecule has 1 aromatic carbocycles. The summed E-state index contributed by atoms with van der Waals surface area (Å²) in [4.78, 5) is 2.45. The van der Waals surface area contributed by atoms with Crippen LogP contribution in [0.2, 0.25) is 0 Å². The molecule has 0 aliphatic carbocycles. The van der Waals surface area contributed by atoms with E-state index in [0.717, 1.165) is 36.7 Å². The summed E-state index contributed by atoms with van der Waals surface area (Å²) in [5.41, 5.74) is 7.69. The summed E-state index contributed by atoms with van der Waals surface area (Å²) in [5.74, 6) is 1.08. The lowest BCUT2D eigenvalue weighted by molar-refractivity contribution is 0.175. The normalized spacial score (nSPS) is 18.7. The Morgan fingerprint density at radius 3 is 2.68 bits per heavy atom. The Hall–Kier alpha value is -1.55. The van der Waals surface area contributed by atoms with Crippen molar-refractivity contribution in [2.24, 2.45) is 16.8 Å². The quantitative estimate of drug-likeness (QED) is 0.379. The first-order valence-corrected chi connectivity index (χ1v) is 7.02. The number of hydrogen-bond acceptors (Lipinski definition) is 3. The zero-order chi connectivity index (χ0) is 13.7. The maximum absolute atomic E-state index is 8.83. The Bertz CT molecular complexity index is 437. The Kier molecular flexibility index (Phi) is 4.80. The highest BCUT2D eigenvalue weighted by Crippen LogP contribution is 2.22. The van der Waals surface area contributed by atoms with Gasteiger partial charge in [0.25, 0.3) is 0 Å². The summed E-state index contributed by atoms with van der Waals surface area (Å²) >= 11 is 0. The van der Waals surface area contributed by atoms with Gasteiger partial charge < -0.3 is 10.9 Å². The van der Waals surface area contributed by atoms with Crippen molar-refractivity contribution in [3.63, 3.8) is 0 Å². The lowest BCUT2D eigenvalue weighted by Gasteiger charge is -2.31. The molecule has 0 atom stereocenters. The number of amidine groups is 1. The van der Waals surface area contributed by atoms with Crippen LogP contribution in [0.4, 0.5) is 0 Å². The van der Waals surface area contributed by atoms with Crippen molar-refractivity contribution in [2.75, 3.05) is 13.1 Å². The molecule has 0 radical (unpaired) electrons. The third-order valence-electron chi connectivity index (χ3n) is 4.08. The van der Waals surface area contributed by atoms with Crippen LogP contribution in [-0.4, -0.2) is 29.0 Å². The second-order valence-corrected chi connectivity index (χ2v) is 5.27. The molecule has 1 heterocycles. The smallest absolute Gasteiger partial charge is 0.170 e. The Labute approximate surface area is 114 Å². The topological polar surface area (TPSA) is 61.8 Å². The van der Waals surface area contributed by atoms with Crippen molar-refractivity contribution < 1.29 is 5.21 Å². The molecule has 1 fully saturated rings. The van der Waals surface area contributed by atoms with Gasteiger partial charge in [0.15, 0.2) is 5.84 Å². The molecule has 1 aliphatic heterocycles. The van der Waals surface area contributed by atoms with Crippen molar-refractivity contribution in [3.8, 4) is 0 Å². The third-order valence-corrected chi connectivity index (χ3v) is 4.08. The molecule has 2 rings (SSSR count). The van der Waals surface area contributed by atoms with E-state index in [-0.39, 0.29) is 5.84 Å². The Morgan fingerprint density at radius 2 is 2.05 bits per heavy atom. The SMILES string of the molecule is CCC1CCN(Cc2ccccc2/C(N)=N/O)CC1. The van der Waals surface area contributed by atoms with Crippen molar-refractivity contribution in [2.45, 2.75) is 32.7 Å². The fourth-order valence-corrected chi connectivity index (χ4v) is 2.76. The van der Waals surface area contributed by atoms with E-state index in [1.165, 1.54) is 19.3 Å². The second kappa shape index (κ2) is 6.57. The van der Waals surface area contributed by atoms with Gasteiger partial charge in [-0.1, -0.05) is 42.8 Å². The summed E-state index contributed by atoms with van der Waals surface area (Å²) in [5, 5.41) is 11.9. The van der Waals surface area contributed by atoms with E-state index in [0.29, 0.717) is 0 Å². The average Bonchev–Trinajstić information content (AvgIpc) is 2.48. The predicted octanol–water partition coefficient (Wildman–Crippen LogP) is 2.40. The van der Waals surface area contributed by atoms with Gasteiger partial charge in [-0.3, -0.25) is 4.90 Å². The number of rotatable bonds is 4. The third kappa shape index (κ3) is 3.47. The van der Waals surface area contributed by atoms with Gasteiger partial charge in [-0.25, -0.2) is 0 Å². The van der Waals surface area contributed by atoms with Gasteiger partial charge >= 0.3 is 0 Å². The van der Waals surface area contributed by atoms with E-state index < -0.39 is 0 Å². The van der Waals surface area contributed by atoms with Crippen molar-refractivity contribution in [1.82, 2.24) is 4.90 Å². The second-order valence-electron chi connectivity index (χ2n) is 5.27. The zero-order valence-electron chi connectivity index (χ0n) is 11.5. The molecule has 19 heavy (non-hydrogen) atoms. The van der Waals surface area contributed by atoms with Gasteiger partial charge in [-0.2, -0.15) is 0 Å². The van der Waals surface area contributed by atoms with Gasteiger partial charge in [0, 0.05) is 12.1 Å². The lowest BCUT2D eigenvalue weighted by Crippen LogP contribution is -2.33. The molecule has 0 saturated carbocycles. The largest absolute Gasteiger partial charge is 0.409 e. The highest BCUT2D eigenvalue weighted by atomic mass is 16.4. The molecule has 4 heteroatoms. The van der Waals surface area contributed by atoms with Crippen LogP contribution in [0, 0.1) is 5.92 Å². The van der Waals surface area contributed by atoms with E-state index >= 15 is 0 Å². The zero-order valence-corrected chi connectivity index (χ0v) is 11.5. The van der Waals surface area contributed by atoms with Crippen LogP contribution in [0.5, 0.6) is 0 Å². The first kappa shape index (κ1) is 13.9. The van der Waals surface area contributed by atoms with E-state index in [9.17, 15) is 0 Å². The minimum atomic E-state index is 0.194. The Balaban J connectivity index is 2.04. The van der Waals surface area contributed by atoms with Crippen LogP contribution in [0.3, 0.4) is 0 Å². The minimum absolute atomic E-state index is 0.194. The molecule has 0 amide bonds. The summed E-state index contributed by atoms with van der Waals surface area (Å²) in [7, 11) is 0. The molecule has 1 aromatic rings. The number of piperidine rings is 1. The highest BCUT2D eigenvalue weighted by Gasteiger charge is 2.18. The molecule has 0 unspecified atom stereocenters. The molecule has 1 saturated heterocycles. The molecular formula is C15H23N3O. The number of oxime groups is 1. The summed E-state index contributed by atoms with van der Waals surface area (Å²) < 4.78 is 0. The van der Waals surface area contributed by atoms with E-state index in [2.05, 4.69) is 23.0 Å². The summed E-state index contributed by atoms with van der Waals surface area (Å²) in [6.07, 6.45) is 3.85. The fraction of sp³-hybridized carbons (Fsp3) is 0.533. The van der Waals surface area contributed by atoms with Crippen molar-refractivity contribution in [3.05, 3.63) is 35.4 Å². The molecule has 0 aromatic heterocycles. The number of benzene rings is 1. The number of likely N-dealkylation sites (tertiary alicyclic amines) is 1. The van der Waals surface area contributed by atoms with Crippen LogP contribution in [0.1, 0.15) is 37.3 Å². The van der Waals surface area contributed by atoms with E-state index in [1.807, 2.05) is 18.2 Å². The maximum atomic E-state index is 8.83. The number of nitrogens with zero attached hydrogens (tertiary/aromatic N) is 2. The van der Waals surface area contributed by atoms with Crippen LogP contribution in [0.25, 0.3) is 0 Å². The minimum Gasteiger partial charge on any atom is -0.409 e. The van der Waals surface area contributed by atoms with Gasteiger partial charge in [-0.05, 0) is 37.4 Å². The van der Waals surface area contributed by atoms with Crippen molar-refractivity contribution >= 4 is 5.84 Å². The molecule has 104 valence electrons. The summed E-state index contributed by atoms with van der Waals surface area (Å²) in [6, 6.07) is 7.88. The highest BCUT2D eigenvalue weighted by molar-refractivity contribution is 5.98. The van der Waals surface area contributed by atoms with Crippen molar-refractivity contribution in [1.29, 1.82) is 0 Å². The number of nitrogens with two attached hydrogens (primary N) is 1. The van der Waals surface area contributed by atoms with Gasteiger partial charge in [0.05, 0.1) is 0 Å². The molecule has 4 nitrogen and oxygen atoms in total. The lowest BCUT2D eigenvalue weighted by atomic mass is 9.94. The predicted molar refractivity (Wildman–Crippen MR) is 77.2 cm³/mol. The standard InChI is InChI=1S/C15H23N3O/c1-2-12-7-9-18(10-8-12)11-13-5-3-4-6-14(13)15(16)17-19/h3-6,12,19H,2,7-11H2,1H3,(H2,16,17). The monoisotopic (exact) mass is 261 g/mol.